The van der Waals surface area contributed by atoms with Crippen LogP contribution < -0.4 is 0 Å². The van der Waals surface area contributed by atoms with Crippen LogP contribution in [-0.2, 0) is 11.0 Å². The molecule has 0 fully saturated rings. The van der Waals surface area contributed by atoms with Crippen LogP contribution in [0, 0.1) is 0 Å². The second-order valence-corrected chi connectivity index (χ2v) is 23.2. The molecule has 0 amide bonds. The molecule has 1 aromatic carbocycles. The minimum atomic E-state index is -1.64. The predicted octanol–water partition coefficient (Wildman–Crippen LogP) is 9.21. The number of allylic oxidation sites excluding steroid dienone is 2. The van der Waals surface area contributed by atoms with E-state index in [1.165, 1.54) is 17.9 Å². The zero-order chi connectivity index (χ0) is 26.0. The molecule has 0 saturated carbocycles. The summed E-state index contributed by atoms with van der Waals surface area (Å²) in [6.45, 7) is 26.2. The molecule has 1 aromatic rings. The van der Waals surface area contributed by atoms with Gasteiger partial charge in [0.05, 0.1) is 8.07 Å². The minimum absolute atomic E-state index is 0.282. The third-order valence-electron chi connectivity index (χ3n) is 8.26. The summed E-state index contributed by atoms with van der Waals surface area (Å²) in [5.41, 5.74) is 1.16. The third kappa shape index (κ3) is 10.5. The molecule has 0 spiro atoms. The van der Waals surface area contributed by atoms with E-state index in [0.29, 0.717) is 11.6 Å². The van der Waals surface area contributed by atoms with Crippen LogP contribution in [0.25, 0.3) is 0 Å². The summed E-state index contributed by atoms with van der Waals surface area (Å²) >= 11 is 0. The van der Waals surface area contributed by atoms with Crippen LogP contribution in [0.5, 0.6) is 0 Å². The average molecular weight is 506 g/mol. The van der Waals surface area contributed by atoms with Crippen molar-refractivity contribution in [1.82, 2.24) is 5.06 Å². The molecule has 0 atom stereocenters. The molecule has 0 aliphatic rings. The second-order valence-electron chi connectivity index (χ2n) is 13.0. The summed E-state index contributed by atoms with van der Waals surface area (Å²) in [7, 11) is -3.17. The summed E-state index contributed by atoms with van der Waals surface area (Å²) < 4.78 is 6.41. The quantitative estimate of drug-likeness (QED) is 0.155. The van der Waals surface area contributed by atoms with Crippen molar-refractivity contribution in [2.75, 3.05) is 13.2 Å². The van der Waals surface area contributed by atoms with Crippen molar-refractivity contribution in [2.45, 2.75) is 123 Å². The largest absolute Gasteiger partial charge is 0.417 e. The summed E-state index contributed by atoms with van der Waals surface area (Å²) in [5.74, 6) is 0. The van der Waals surface area contributed by atoms with Gasteiger partial charge in [0.15, 0.2) is 8.32 Å². The van der Waals surface area contributed by atoms with E-state index >= 15 is 0 Å². The Labute approximate surface area is 214 Å². The molecular weight excluding hydrogens is 450 g/mol. The lowest BCUT2D eigenvalue weighted by Gasteiger charge is -2.39. The first-order valence-corrected chi connectivity index (χ1v) is 19.3. The lowest BCUT2D eigenvalue weighted by atomic mass is 10.1. The number of nitrogens with zero attached hydrogens (tertiary/aromatic N) is 1. The maximum absolute atomic E-state index is 10.2. The van der Waals surface area contributed by atoms with Gasteiger partial charge < -0.3 is 9.63 Å². The molecule has 196 valence electrons. The molecule has 5 heteroatoms. The van der Waals surface area contributed by atoms with E-state index in [9.17, 15) is 5.21 Å². The van der Waals surface area contributed by atoms with Crippen LogP contribution in [-0.4, -0.2) is 39.8 Å². The Morgan fingerprint density at radius 2 is 1.50 bits per heavy atom. The van der Waals surface area contributed by atoms with Gasteiger partial charge in [-0.2, -0.15) is 5.06 Å². The SMILES string of the molecule is CC(C)(C)[Si](C)(C)OCCCC/C(=C/CCCCN(O)Cc1ccccc1)[Si](C)(C)C(C)(C)C. The second kappa shape index (κ2) is 13.5. The van der Waals surface area contributed by atoms with Gasteiger partial charge in [0.2, 0.25) is 0 Å². The molecule has 34 heavy (non-hydrogen) atoms. The number of hydroxylamine groups is 2. The zero-order valence-electron chi connectivity index (χ0n) is 24.1. The van der Waals surface area contributed by atoms with Crippen LogP contribution in [0.3, 0.4) is 0 Å². The maximum atomic E-state index is 10.2. The Kier molecular flexibility index (Phi) is 12.5. The maximum Gasteiger partial charge on any atom is 0.191 e. The molecule has 0 radical (unpaired) electrons. The Balaban J connectivity index is 2.55. The molecule has 0 saturated heterocycles. The van der Waals surface area contributed by atoms with E-state index < -0.39 is 16.4 Å². The topological polar surface area (TPSA) is 32.7 Å². The number of unbranched alkanes of at least 4 members (excludes halogenated alkanes) is 3. The highest BCUT2D eigenvalue weighted by molar-refractivity contribution is 6.86. The summed E-state index contributed by atoms with van der Waals surface area (Å²) in [4.78, 5) is 0. The lowest BCUT2D eigenvalue weighted by Crippen LogP contribution is -2.41. The van der Waals surface area contributed by atoms with Gasteiger partial charge >= 0.3 is 0 Å². The first kappa shape index (κ1) is 31.3. The van der Waals surface area contributed by atoms with Gasteiger partial charge in [-0.3, -0.25) is 0 Å². The third-order valence-corrected chi connectivity index (χ3v) is 18.6. The van der Waals surface area contributed by atoms with Crippen molar-refractivity contribution in [2.24, 2.45) is 0 Å². The Morgan fingerprint density at radius 3 is 2.06 bits per heavy atom. The van der Waals surface area contributed by atoms with E-state index in [1.807, 2.05) is 18.2 Å². The summed E-state index contributed by atoms with van der Waals surface area (Å²) in [5, 5.41) is 14.0. The highest BCUT2D eigenvalue weighted by atomic mass is 28.4. The summed E-state index contributed by atoms with van der Waals surface area (Å²) in [6.07, 6.45) is 9.39. The van der Waals surface area contributed by atoms with E-state index in [0.717, 1.165) is 44.4 Å². The van der Waals surface area contributed by atoms with Gasteiger partial charge in [-0.25, -0.2) is 0 Å². The molecule has 0 bridgehead atoms. The van der Waals surface area contributed by atoms with Crippen LogP contribution >= 0.6 is 0 Å². The molecular formula is C29H55NO2Si2. The number of benzene rings is 1. The van der Waals surface area contributed by atoms with Crippen molar-refractivity contribution in [3.63, 3.8) is 0 Å². The monoisotopic (exact) mass is 505 g/mol. The van der Waals surface area contributed by atoms with Gasteiger partial charge in [0, 0.05) is 19.7 Å². The molecule has 0 heterocycles. The van der Waals surface area contributed by atoms with E-state index in [-0.39, 0.29) is 5.04 Å². The Bertz CT molecular complexity index is 731. The molecule has 1 N–H and O–H groups in total. The van der Waals surface area contributed by atoms with Crippen molar-refractivity contribution in [3.05, 3.63) is 47.2 Å². The highest BCUT2D eigenvalue weighted by Crippen LogP contribution is 2.42. The zero-order valence-corrected chi connectivity index (χ0v) is 26.1. The number of hydrogen-bond donors (Lipinski definition) is 1. The Morgan fingerprint density at radius 1 is 0.882 bits per heavy atom. The van der Waals surface area contributed by atoms with Gasteiger partial charge in [-0.1, -0.05) is 96.2 Å². The highest BCUT2D eigenvalue weighted by Gasteiger charge is 2.38. The smallest absolute Gasteiger partial charge is 0.191 e. The number of rotatable bonds is 14. The van der Waals surface area contributed by atoms with Crippen molar-refractivity contribution in [1.29, 1.82) is 0 Å². The van der Waals surface area contributed by atoms with Gasteiger partial charge in [0.25, 0.3) is 0 Å². The molecule has 1 rings (SSSR count). The number of hydrogen-bond acceptors (Lipinski definition) is 3. The van der Waals surface area contributed by atoms with E-state index in [4.69, 9.17) is 4.43 Å². The van der Waals surface area contributed by atoms with E-state index in [1.54, 1.807) is 5.20 Å². The normalized spacial score (nSPS) is 14.2. The first-order chi connectivity index (χ1) is 15.6. The van der Waals surface area contributed by atoms with Crippen LogP contribution in [0.4, 0.5) is 0 Å². The van der Waals surface area contributed by atoms with Crippen molar-refractivity contribution < 1.29 is 9.63 Å². The van der Waals surface area contributed by atoms with Crippen molar-refractivity contribution >= 4 is 16.4 Å². The van der Waals surface area contributed by atoms with Gasteiger partial charge in [0.1, 0.15) is 0 Å². The predicted molar refractivity (Wildman–Crippen MR) is 155 cm³/mol. The molecule has 0 unspecified atom stereocenters. The van der Waals surface area contributed by atoms with E-state index in [2.05, 4.69) is 85.9 Å². The fraction of sp³-hybridized carbons (Fsp3) is 0.724. The molecule has 0 aliphatic carbocycles. The minimum Gasteiger partial charge on any atom is -0.417 e. The molecule has 3 nitrogen and oxygen atoms in total. The van der Waals surface area contributed by atoms with Crippen molar-refractivity contribution in [3.8, 4) is 0 Å². The molecule has 0 aromatic heterocycles. The lowest BCUT2D eigenvalue weighted by molar-refractivity contribution is -0.1000. The first-order valence-electron chi connectivity index (χ1n) is 13.4. The standard InChI is InChI=1S/C29H55NO2Si2/c1-28(2,3)33(7,8)27(22-16-18-24-32-34(9,10)29(4,5)6)21-15-12-17-23-30(31)25-26-19-13-11-14-20-26/h11,13-14,19-21,31H,12,15-18,22-25H2,1-10H3/b27-21-. The molecule has 0 aliphatic heterocycles. The van der Waals surface area contributed by atoms with Crippen LogP contribution in [0.2, 0.25) is 36.3 Å². The Hall–Kier alpha value is -0.726. The average Bonchev–Trinajstić information content (AvgIpc) is 2.70. The fourth-order valence-electron chi connectivity index (χ4n) is 3.70. The van der Waals surface area contributed by atoms with Gasteiger partial charge in [-0.15, -0.1) is 0 Å². The fourth-order valence-corrected chi connectivity index (χ4v) is 7.21. The summed E-state index contributed by atoms with van der Waals surface area (Å²) in [6, 6.07) is 10.2. The van der Waals surface area contributed by atoms with Crippen LogP contribution in [0.15, 0.2) is 41.6 Å². The van der Waals surface area contributed by atoms with Gasteiger partial charge in [-0.05, 0) is 67.3 Å². The van der Waals surface area contributed by atoms with Crippen LogP contribution in [0.1, 0.15) is 85.6 Å².